The van der Waals surface area contributed by atoms with E-state index in [-0.39, 0.29) is 30.2 Å². The van der Waals surface area contributed by atoms with Crippen LogP contribution in [-0.2, 0) is 11.2 Å². The molecule has 0 spiro atoms. The summed E-state index contributed by atoms with van der Waals surface area (Å²) in [6, 6.07) is 23.7. The highest BCUT2D eigenvalue weighted by atomic mass is 19.1. The Morgan fingerprint density at radius 3 is 2.19 bits per heavy atom. The van der Waals surface area contributed by atoms with Gasteiger partial charge in [0, 0.05) is 18.5 Å². The van der Waals surface area contributed by atoms with Crippen LogP contribution in [0.25, 0.3) is 0 Å². The Labute approximate surface area is 188 Å². The minimum atomic E-state index is -0.750. The smallest absolute Gasteiger partial charge is 0.251 e. The van der Waals surface area contributed by atoms with Gasteiger partial charge < -0.3 is 15.5 Å². The van der Waals surface area contributed by atoms with Crippen LogP contribution in [0.5, 0.6) is 0 Å². The average molecular weight is 434 g/mol. The Morgan fingerprint density at radius 1 is 0.906 bits per heavy atom. The first-order valence-corrected chi connectivity index (χ1v) is 10.5. The molecular weight excluding hydrogens is 405 g/mol. The second kappa shape index (κ2) is 11.2. The number of rotatable bonds is 9. The van der Waals surface area contributed by atoms with Gasteiger partial charge >= 0.3 is 0 Å². The number of amides is 2. The third-order valence-corrected chi connectivity index (χ3v) is 5.27. The summed E-state index contributed by atoms with van der Waals surface area (Å²) in [4.78, 5) is 27.8. The van der Waals surface area contributed by atoms with Gasteiger partial charge in [-0.05, 0) is 49.5 Å². The van der Waals surface area contributed by atoms with E-state index in [0.29, 0.717) is 12.0 Å². The zero-order valence-corrected chi connectivity index (χ0v) is 18.3. The third kappa shape index (κ3) is 6.49. The van der Waals surface area contributed by atoms with Crippen molar-refractivity contribution in [2.75, 3.05) is 20.6 Å². The molecule has 0 heterocycles. The monoisotopic (exact) mass is 433 g/mol. The number of benzene rings is 3. The van der Waals surface area contributed by atoms with Crippen molar-refractivity contribution in [1.82, 2.24) is 15.5 Å². The SMILES string of the molecule is CN(C)C(CNC(=O)C(Cc1ccccc1)NC(=O)c1ccccc1)c1cccc(F)c1. The van der Waals surface area contributed by atoms with Crippen LogP contribution >= 0.6 is 0 Å². The normalized spacial score (nSPS) is 12.8. The van der Waals surface area contributed by atoms with E-state index >= 15 is 0 Å². The van der Waals surface area contributed by atoms with Crippen LogP contribution in [0, 0.1) is 5.82 Å². The lowest BCUT2D eigenvalue weighted by atomic mass is 10.0. The van der Waals surface area contributed by atoms with Crippen LogP contribution < -0.4 is 10.6 Å². The average Bonchev–Trinajstić information content (AvgIpc) is 2.79. The fourth-order valence-electron chi connectivity index (χ4n) is 3.52. The number of carbonyl (C=O) groups is 2. The molecule has 2 unspecified atom stereocenters. The van der Waals surface area contributed by atoms with Crippen molar-refractivity contribution < 1.29 is 14.0 Å². The van der Waals surface area contributed by atoms with Crippen LogP contribution in [0.1, 0.15) is 27.5 Å². The first kappa shape index (κ1) is 23.2. The molecule has 3 aromatic carbocycles. The second-order valence-electron chi connectivity index (χ2n) is 7.86. The van der Waals surface area contributed by atoms with E-state index in [2.05, 4.69) is 10.6 Å². The second-order valence-corrected chi connectivity index (χ2v) is 7.86. The molecule has 0 fully saturated rings. The Bertz CT molecular complexity index is 1030. The van der Waals surface area contributed by atoms with Crippen LogP contribution in [-0.4, -0.2) is 43.4 Å². The summed E-state index contributed by atoms with van der Waals surface area (Å²) < 4.78 is 13.7. The summed E-state index contributed by atoms with van der Waals surface area (Å²) in [5, 5.41) is 5.80. The molecule has 0 aliphatic heterocycles. The van der Waals surface area contributed by atoms with Crippen LogP contribution in [0.3, 0.4) is 0 Å². The van der Waals surface area contributed by atoms with Gasteiger partial charge in [0.15, 0.2) is 0 Å². The van der Waals surface area contributed by atoms with Gasteiger partial charge in [0.05, 0.1) is 6.04 Å². The van der Waals surface area contributed by atoms with Crippen molar-refractivity contribution in [2.24, 2.45) is 0 Å². The van der Waals surface area contributed by atoms with E-state index in [1.165, 1.54) is 12.1 Å². The number of halogens is 1. The molecule has 166 valence electrons. The highest BCUT2D eigenvalue weighted by Gasteiger charge is 2.24. The van der Waals surface area contributed by atoms with Gasteiger partial charge in [0.2, 0.25) is 5.91 Å². The fourth-order valence-corrected chi connectivity index (χ4v) is 3.52. The molecule has 3 aromatic rings. The molecule has 2 atom stereocenters. The maximum atomic E-state index is 13.7. The van der Waals surface area contributed by atoms with Gasteiger partial charge in [0.1, 0.15) is 11.9 Å². The van der Waals surface area contributed by atoms with Gasteiger partial charge in [-0.2, -0.15) is 0 Å². The molecule has 32 heavy (non-hydrogen) atoms. The van der Waals surface area contributed by atoms with Crippen molar-refractivity contribution in [3.8, 4) is 0 Å². The van der Waals surface area contributed by atoms with Crippen LogP contribution in [0.4, 0.5) is 4.39 Å². The molecule has 5 nitrogen and oxygen atoms in total. The molecular formula is C26H28FN3O2. The molecule has 3 rings (SSSR count). The van der Waals surface area contributed by atoms with Crippen molar-refractivity contribution in [2.45, 2.75) is 18.5 Å². The lowest BCUT2D eigenvalue weighted by molar-refractivity contribution is -0.123. The van der Waals surface area contributed by atoms with Crippen molar-refractivity contribution in [3.05, 3.63) is 107 Å². The zero-order valence-electron chi connectivity index (χ0n) is 18.3. The number of nitrogens with zero attached hydrogens (tertiary/aromatic N) is 1. The predicted octanol–water partition coefficient (Wildman–Crippen LogP) is 3.59. The number of carbonyl (C=O) groups excluding carboxylic acids is 2. The van der Waals surface area contributed by atoms with Gasteiger partial charge in [-0.15, -0.1) is 0 Å². The Morgan fingerprint density at radius 2 is 1.56 bits per heavy atom. The summed E-state index contributed by atoms with van der Waals surface area (Å²) in [6.45, 7) is 0.280. The van der Waals surface area contributed by atoms with E-state index in [0.717, 1.165) is 11.1 Å². The Balaban J connectivity index is 1.74. The van der Waals surface area contributed by atoms with Crippen molar-refractivity contribution in [3.63, 3.8) is 0 Å². The molecule has 0 aromatic heterocycles. The highest BCUT2D eigenvalue weighted by molar-refractivity contribution is 5.97. The molecule has 6 heteroatoms. The minimum Gasteiger partial charge on any atom is -0.352 e. The van der Waals surface area contributed by atoms with Gasteiger partial charge in [-0.25, -0.2) is 4.39 Å². The first-order valence-electron chi connectivity index (χ1n) is 10.5. The van der Waals surface area contributed by atoms with E-state index in [4.69, 9.17) is 0 Å². The molecule has 0 radical (unpaired) electrons. The van der Waals surface area contributed by atoms with Gasteiger partial charge in [0.25, 0.3) is 5.91 Å². The van der Waals surface area contributed by atoms with Gasteiger partial charge in [-0.1, -0.05) is 60.7 Å². The topological polar surface area (TPSA) is 61.4 Å². The zero-order chi connectivity index (χ0) is 22.9. The summed E-state index contributed by atoms with van der Waals surface area (Å²) in [5.74, 6) is -0.921. The van der Waals surface area contributed by atoms with E-state index < -0.39 is 6.04 Å². The fraction of sp³-hybridized carbons (Fsp3) is 0.231. The van der Waals surface area contributed by atoms with Crippen LogP contribution in [0.15, 0.2) is 84.9 Å². The maximum Gasteiger partial charge on any atom is 0.251 e. The molecule has 0 saturated heterocycles. The van der Waals surface area contributed by atoms with Crippen LogP contribution in [0.2, 0.25) is 0 Å². The summed E-state index contributed by atoms with van der Waals surface area (Å²) in [6.07, 6.45) is 0.359. The quantitative estimate of drug-likeness (QED) is 0.542. The first-order chi connectivity index (χ1) is 15.4. The summed E-state index contributed by atoms with van der Waals surface area (Å²) >= 11 is 0. The number of hydrogen-bond donors (Lipinski definition) is 2. The lowest BCUT2D eigenvalue weighted by Gasteiger charge is -2.26. The number of nitrogens with one attached hydrogen (secondary N) is 2. The Hall–Kier alpha value is -3.51. The lowest BCUT2D eigenvalue weighted by Crippen LogP contribution is -2.49. The maximum absolute atomic E-state index is 13.7. The molecule has 2 N–H and O–H groups in total. The van der Waals surface area contributed by atoms with Crippen molar-refractivity contribution >= 4 is 11.8 Å². The van der Waals surface area contributed by atoms with E-state index in [1.54, 1.807) is 30.3 Å². The molecule has 0 aliphatic carbocycles. The summed E-state index contributed by atoms with van der Waals surface area (Å²) in [5.41, 5.74) is 2.20. The van der Waals surface area contributed by atoms with E-state index in [9.17, 15) is 14.0 Å². The number of likely N-dealkylation sites (N-methyl/N-ethyl adjacent to an activating group) is 1. The molecule has 0 saturated carbocycles. The molecule has 0 bridgehead atoms. The highest BCUT2D eigenvalue weighted by Crippen LogP contribution is 2.18. The third-order valence-electron chi connectivity index (χ3n) is 5.27. The van der Waals surface area contributed by atoms with E-state index in [1.807, 2.05) is 61.5 Å². The number of hydrogen-bond acceptors (Lipinski definition) is 3. The molecule has 0 aliphatic rings. The largest absolute Gasteiger partial charge is 0.352 e. The minimum absolute atomic E-state index is 0.211. The van der Waals surface area contributed by atoms with Gasteiger partial charge in [-0.3, -0.25) is 9.59 Å². The predicted molar refractivity (Wildman–Crippen MR) is 124 cm³/mol. The Kier molecular flexibility index (Phi) is 8.11. The standard InChI is InChI=1S/C26H28FN3O2/c1-30(2)24(21-14-9-15-22(27)17-21)18-28-26(32)23(16-19-10-5-3-6-11-19)29-25(31)20-12-7-4-8-13-20/h3-15,17,23-24H,16,18H2,1-2H3,(H,28,32)(H,29,31). The van der Waals surface area contributed by atoms with Crippen molar-refractivity contribution in [1.29, 1.82) is 0 Å². The summed E-state index contributed by atoms with van der Waals surface area (Å²) in [7, 11) is 3.75. The molecule has 2 amide bonds.